The SMILES string of the molecule is C=C(CC(C)c1ccc(CC)cc1N)NC. The quantitative estimate of drug-likeness (QED) is 0.745. The summed E-state index contributed by atoms with van der Waals surface area (Å²) < 4.78 is 0. The van der Waals surface area contributed by atoms with Gasteiger partial charge in [0, 0.05) is 18.4 Å². The topological polar surface area (TPSA) is 38.0 Å². The van der Waals surface area contributed by atoms with E-state index in [1.807, 2.05) is 7.05 Å². The molecule has 0 aromatic heterocycles. The number of anilines is 1. The van der Waals surface area contributed by atoms with Crippen LogP contribution >= 0.6 is 0 Å². The van der Waals surface area contributed by atoms with Crippen LogP contribution in [-0.2, 0) is 6.42 Å². The summed E-state index contributed by atoms with van der Waals surface area (Å²) >= 11 is 0. The molecule has 0 spiro atoms. The van der Waals surface area contributed by atoms with Gasteiger partial charge in [-0.05, 0) is 36.0 Å². The zero-order chi connectivity index (χ0) is 12.1. The van der Waals surface area contributed by atoms with E-state index in [0.717, 1.165) is 24.2 Å². The second-order valence-corrected chi connectivity index (χ2v) is 4.28. The fourth-order valence-electron chi connectivity index (χ4n) is 1.87. The minimum absolute atomic E-state index is 0.408. The Hall–Kier alpha value is -1.44. The molecule has 0 bridgehead atoms. The number of nitrogen functional groups attached to an aromatic ring is 1. The first-order valence-corrected chi connectivity index (χ1v) is 5.82. The Labute approximate surface area is 98.6 Å². The van der Waals surface area contributed by atoms with E-state index in [-0.39, 0.29) is 0 Å². The van der Waals surface area contributed by atoms with E-state index >= 15 is 0 Å². The molecule has 3 N–H and O–H groups in total. The molecule has 0 saturated heterocycles. The van der Waals surface area contributed by atoms with E-state index in [1.54, 1.807) is 0 Å². The van der Waals surface area contributed by atoms with Crippen molar-refractivity contribution in [1.82, 2.24) is 5.32 Å². The molecule has 2 nitrogen and oxygen atoms in total. The van der Waals surface area contributed by atoms with E-state index in [2.05, 4.69) is 43.9 Å². The lowest BCUT2D eigenvalue weighted by molar-refractivity contribution is 0.715. The Morgan fingerprint density at radius 3 is 2.69 bits per heavy atom. The van der Waals surface area contributed by atoms with Crippen LogP contribution in [0.4, 0.5) is 5.69 Å². The van der Waals surface area contributed by atoms with Crippen molar-refractivity contribution < 1.29 is 0 Å². The zero-order valence-corrected chi connectivity index (χ0v) is 10.5. The molecule has 1 rings (SSSR count). The summed E-state index contributed by atoms with van der Waals surface area (Å²) in [5.41, 5.74) is 10.5. The fraction of sp³-hybridized carbons (Fsp3) is 0.429. The van der Waals surface area contributed by atoms with Crippen LogP contribution in [0.15, 0.2) is 30.5 Å². The first-order chi connectivity index (χ1) is 7.58. The maximum atomic E-state index is 6.06. The molecule has 1 aromatic carbocycles. The van der Waals surface area contributed by atoms with Gasteiger partial charge in [0.25, 0.3) is 0 Å². The van der Waals surface area contributed by atoms with Gasteiger partial charge in [-0.15, -0.1) is 0 Å². The smallest absolute Gasteiger partial charge is 0.0352 e. The zero-order valence-electron chi connectivity index (χ0n) is 10.5. The second-order valence-electron chi connectivity index (χ2n) is 4.28. The van der Waals surface area contributed by atoms with Gasteiger partial charge in [0.15, 0.2) is 0 Å². The second kappa shape index (κ2) is 5.59. The van der Waals surface area contributed by atoms with Gasteiger partial charge >= 0.3 is 0 Å². The van der Waals surface area contributed by atoms with Crippen molar-refractivity contribution in [1.29, 1.82) is 0 Å². The average molecular weight is 218 g/mol. The molecule has 16 heavy (non-hydrogen) atoms. The number of allylic oxidation sites excluding steroid dienone is 1. The van der Waals surface area contributed by atoms with Crippen molar-refractivity contribution in [2.24, 2.45) is 0 Å². The number of hydrogen-bond acceptors (Lipinski definition) is 2. The average Bonchev–Trinajstić information content (AvgIpc) is 2.28. The van der Waals surface area contributed by atoms with Crippen molar-refractivity contribution in [3.63, 3.8) is 0 Å². The lowest BCUT2D eigenvalue weighted by Crippen LogP contribution is -2.09. The largest absolute Gasteiger partial charge is 0.398 e. The first-order valence-electron chi connectivity index (χ1n) is 5.82. The highest BCUT2D eigenvalue weighted by atomic mass is 14.8. The molecule has 0 heterocycles. The monoisotopic (exact) mass is 218 g/mol. The van der Waals surface area contributed by atoms with Crippen LogP contribution in [0.2, 0.25) is 0 Å². The maximum absolute atomic E-state index is 6.06. The minimum Gasteiger partial charge on any atom is -0.398 e. The van der Waals surface area contributed by atoms with Gasteiger partial charge < -0.3 is 11.1 Å². The van der Waals surface area contributed by atoms with Crippen LogP contribution < -0.4 is 11.1 Å². The molecular weight excluding hydrogens is 196 g/mol. The van der Waals surface area contributed by atoms with E-state index in [1.165, 1.54) is 11.1 Å². The van der Waals surface area contributed by atoms with Gasteiger partial charge in [0.2, 0.25) is 0 Å². The Bertz CT molecular complexity index is 369. The predicted molar refractivity (Wildman–Crippen MR) is 71.5 cm³/mol. The molecule has 1 atom stereocenters. The molecule has 0 saturated carbocycles. The van der Waals surface area contributed by atoms with Crippen LogP contribution in [-0.4, -0.2) is 7.05 Å². The highest BCUT2D eigenvalue weighted by molar-refractivity contribution is 5.51. The van der Waals surface area contributed by atoms with E-state index in [9.17, 15) is 0 Å². The van der Waals surface area contributed by atoms with Crippen molar-refractivity contribution in [3.05, 3.63) is 41.6 Å². The van der Waals surface area contributed by atoms with E-state index in [4.69, 9.17) is 5.73 Å². The molecule has 0 aliphatic carbocycles. The highest BCUT2D eigenvalue weighted by Crippen LogP contribution is 2.27. The van der Waals surface area contributed by atoms with Crippen LogP contribution in [0.5, 0.6) is 0 Å². The number of aryl methyl sites for hydroxylation is 1. The standard InChI is InChI=1S/C14H22N2/c1-5-12-6-7-13(14(15)9-12)10(2)8-11(3)16-4/h6-7,9-10,16H,3,5,8,15H2,1-2,4H3. The molecule has 1 aromatic rings. The van der Waals surface area contributed by atoms with Crippen LogP contribution in [0, 0.1) is 0 Å². The van der Waals surface area contributed by atoms with Gasteiger partial charge in [-0.1, -0.05) is 32.6 Å². The summed E-state index contributed by atoms with van der Waals surface area (Å²) in [6.07, 6.45) is 1.95. The highest BCUT2D eigenvalue weighted by Gasteiger charge is 2.10. The number of hydrogen-bond donors (Lipinski definition) is 2. The fourth-order valence-corrected chi connectivity index (χ4v) is 1.87. The molecule has 0 amide bonds. The van der Waals surface area contributed by atoms with E-state index < -0.39 is 0 Å². The van der Waals surface area contributed by atoms with Crippen LogP contribution in [0.1, 0.15) is 37.3 Å². The summed E-state index contributed by atoms with van der Waals surface area (Å²) in [6.45, 7) is 8.27. The first kappa shape index (κ1) is 12.6. The lowest BCUT2D eigenvalue weighted by atomic mass is 9.93. The molecule has 0 aliphatic heterocycles. The Morgan fingerprint density at radius 1 is 1.50 bits per heavy atom. The van der Waals surface area contributed by atoms with Crippen LogP contribution in [0.3, 0.4) is 0 Å². The van der Waals surface area contributed by atoms with E-state index in [0.29, 0.717) is 5.92 Å². The normalized spacial score (nSPS) is 12.2. The third-order valence-electron chi connectivity index (χ3n) is 3.00. The van der Waals surface area contributed by atoms with Crippen LogP contribution in [0.25, 0.3) is 0 Å². The molecule has 2 heteroatoms. The van der Waals surface area contributed by atoms with Crippen molar-refractivity contribution in [3.8, 4) is 0 Å². The molecule has 0 aliphatic rings. The van der Waals surface area contributed by atoms with Gasteiger partial charge in [-0.25, -0.2) is 0 Å². The predicted octanol–water partition coefficient (Wildman–Crippen LogP) is 3.06. The lowest BCUT2D eigenvalue weighted by Gasteiger charge is -2.16. The molecular formula is C14H22N2. The molecule has 0 fully saturated rings. The van der Waals surface area contributed by atoms with Gasteiger partial charge in [-0.2, -0.15) is 0 Å². The van der Waals surface area contributed by atoms with Crippen molar-refractivity contribution in [2.45, 2.75) is 32.6 Å². The summed E-state index contributed by atoms with van der Waals surface area (Å²) in [5.74, 6) is 0.408. The summed E-state index contributed by atoms with van der Waals surface area (Å²) in [4.78, 5) is 0. The molecule has 88 valence electrons. The Balaban J connectivity index is 2.83. The Kier molecular flexibility index (Phi) is 4.41. The third-order valence-corrected chi connectivity index (χ3v) is 3.00. The van der Waals surface area contributed by atoms with Gasteiger partial charge in [0.05, 0.1) is 0 Å². The summed E-state index contributed by atoms with van der Waals surface area (Å²) in [5, 5.41) is 3.07. The van der Waals surface area contributed by atoms with Gasteiger partial charge in [-0.3, -0.25) is 0 Å². The number of benzene rings is 1. The van der Waals surface area contributed by atoms with Crippen molar-refractivity contribution >= 4 is 5.69 Å². The number of nitrogens with two attached hydrogens (primary N) is 1. The summed E-state index contributed by atoms with van der Waals surface area (Å²) in [6, 6.07) is 6.38. The third kappa shape index (κ3) is 3.02. The molecule has 0 radical (unpaired) electrons. The molecule has 1 unspecified atom stereocenters. The number of nitrogens with one attached hydrogen (secondary N) is 1. The Morgan fingerprint density at radius 2 is 2.19 bits per heavy atom. The minimum atomic E-state index is 0.408. The van der Waals surface area contributed by atoms with Gasteiger partial charge in [0.1, 0.15) is 0 Å². The number of rotatable bonds is 5. The summed E-state index contributed by atoms with van der Waals surface area (Å²) in [7, 11) is 1.90. The van der Waals surface area contributed by atoms with Crippen molar-refractivity contribution in [2.75, 3.05) is 12.8 Å². The maximum Gasteiger partial charge on any atom is 0.0352 e.